The average molecular weight is 368 g/mol. The van der Waals surface area contributed by atoms with Gasteiger partial charge >= 0.3 is 0 Å². The van der Waals surface area contributed by atoms with Crippen molar-refractivity contribution in [1.29, 1.82) is 0 Å². The van der Waals surface area contributed by atoms with E-state index in [2.05, 4.69) is 25.6 Å². The lowest BCUT2D eigenvalue weighted by atomic mass is 10.0. The Labute approximate surface area is 148 Å². The van der Waals surface area contributed by atoms with Gasteiger partial charge in [0.2, 0.25) is 0 Å². The SMILES string of the molecule is OC(CNc1cc(Cl)cc(Cl)c1)(Cn1cnnc1)Cn1cncn1. The van der Waals surface area contributed by atoms with Gasteiger partial charge in [0.25, 0.3) is 0 Å². The third-order valence-corrected chi connectivity index (χ3v) is 3.79. The summed E-state index contributed by atoms with van der Waals surface area (Å²) in [6, 6.07) is 5.12. The summed E-state index contributed by atoms with van der Waals surface area (Å²) in [6.45, 7) is 0.759. The van der Waals surface area contributed by atoms with Crippen molar-refractivity contribution in [3.05, 3.63) is 53.6 Å². The highest BCUT2D eigenvalue weighted by molar-refractivity contribution is 6.35. The molecule has 0 bridgehead atoms. The molecule has 1 aromatic carbocycles. The number of nitrogens with one attached hydrogen (secondary N) is 1. The zero-order valence-electron chi connectivity index (χ0n) is 12.5. The maximum Gasteiger partial charge on any atom is 0.137 e. The van der Waals surface area contributed by atoms with Crippen molar-refractivity contribution in [1.82, 2.24) is 29.5 Å². The quantitative estimate of drug-likeness (QED) is 0.660. The lowest BCUT2D eigenvalue weighted by molar-refractivity contribution is 0.0152. The first-order valence-corrected chi connectivity index (χ1v) is 7.85. The fourth-order valence-electron chi connectivity index (χ4n) is 2.34. The minimum absolute atomic E-state index is 0.238. The number of aromatic nitrogens is 6. The number of halogens is 2. The average Bonchev–Trinajstić information content (AvgIpc) is 3.18. The monoisotopic (exact) mass is 367 g/mol. The Kier molecular flexibility index (Phi) is 4.98. The Morgan fingerprint density at radius 2 is 1.75 bits per heavy atom. The summed E-state index contributed by atoms with van der Waals surface area (Å²) < 4.78 is 3.26. The van der Waals surface area contributed by atoms with Crippen LogP contribution in [0.25, 0.3) is 0 Å². The summed E-state index contributed by atoms with van der Waals surface area (Å²) in [4.78, 5) is 3.90. The molecule has 0 fully saturated rings. The smallest absolute Gasteiger partial charge is 0.137 e. The second-order valence-electron chi connectivity index (χ2n) is 5.46. The molecule has 126 valence electrons. The van der Waals surface area contributed by atoms with Gasteiger partial charge in [0.1, 0.15) is 30.9 Å². The van der Waals surface area contributed by atoms with E-state index in [9.17, 15) is 5.11 Å². The molecule has 3 rings (SSSR count). The molecule has 3 aromatic rings. The molecule has 0 saturated heterocycles. The van der Waals surface area contributed by atoms with Gasteiger partial charge in [-0.15, -0.1) is 10.2 Å². The summed E-state index contributed by atoms with van der Waals surface area (Å²) in [5, 5.41) is 26.8. The molecule has 0 aliphatic carbocycles. The first-order valence-electron chi connectivity index (χ1n) is 7.10. The minimum atomic E-state index is -1.16. The van der Waals surface area contributed by atoms with E-state index >= 15 is 0 Å². The fraction of sp³-hybridized carbons (Fsp3) is 0.286. The molecule has 2 N–H and O–H groups in total. The van der Waals surface area contributed by atoms with Crippen LogP contribution in [0.2, 0.25) is 10.0 Å². The van der Waals surface area contributed by atoms with Crippen LogP contribution < -0.4 is 5.32 Å². The molecule has 0 aliphatic rings. The van der Waals surface area contributed by atoms with E-state index in [1.54, 1.807) is 46.4 Å². The van der Waals surface area contributed by atoms with E-state index < -0.39 is 5.60 Å². The maximum absolute atomic E-state index is 11.1. The van der Waals surface area contributed by atoms with Gasteiger partial charge in [-0.05, 0) is 18.2 Å². The molecular formula is C14H15Cl2N7O. The molecular weight excluding hydrogens is 353 g/mol. The molecule has 1 atom stereocenters. The zero-order valence-corrected chi connectivity index (χ0v) is 14.1. The van der Waals surface area contributed by atoms with Crippen LogP contribution in [0, 0.1) is 0 Å². The number of rotatable bonds is 7. The third kappa shape index (κ3) is 4.44. The number of benzene rings is 1. The largest absolute Gasteiger partial charge is 0.384 e. The Bertz CT molecular complexity index is 720. The molecule has 0 amide bonds. The molecule has 2 heterocycles. The first kappa shape index (κ1) is 16.7. The van der Waals surface area contributed by atoms with Gasteiger partial charge in [-0.2, -0.15) is 5.10 Å². The van der Waals surface area contributed by atoms with Gasteiger partial charge in [-0.3, -0.25) is 0 Å². The summed E-state index contributed by atoms with van der Waals surface area (Å²) >= 11 is 12.0. The van der Waals surface area contributed by atoms with Crippen LogP contribution in [-0.4, -0.2) is 46.8 Å². The van der Waals surface area contributed by atoms with Crippen molar-refractivity contribution in [2.75, 3.05) is 11.9 Å². The van der Waals surface area contributed by atoms with Crippen LogP contribution in [-0.2, 0) is 13.1 Å². The predicted octanol–water partition coefficient (Wildman–Crippen LogP) is 1.72. The highest BCUT2D eigenvalue weighted by atomic mass is 35.5. The molecule has 1 unspecified atom stereocenters. The van der Waals surface area contributed by atoms with Crippen LogP contribution >= 0.6 is 23.2 Å². The van der Waals surface area contributed by atoms with Crippen molar-refractivity contribution in [3.63, 3.8) is 0 Å². The summed E-state index contributed by atoms with van der Waals surface area (Å²) in [6.07, 6.45) is 6.06. The van der Waals surface area contributed by atoms with Crippen LogP contribution in [0.15, 0.2) is 43.5 Å². The number of hydrogen-bond acceptors (Lipinski definition) is 6. The Hall–Kier alpha value is -2.16. The lowest BCUT2D eigenvalue weighted by Crippen LogP contribution is -2.45. The molecule has 8 nitrogen and oxygen atoms in total. The van der Waals surface area contributed by atoms with Crippen LogP contribution in [0.1, 0.15) is 0 Å². The molecule has 0 radical (unpaired) electrons. The van der Waals surface area contributed by atoms with Gasteiger partial charge in [0.05, 0.1) is 13.1 Å². The van der Waals surface area contributed by atoms with E-state index in [4.69, 9.17) is 23.2 Å². The molecule has 24 heavy (non-hydrogen) atoms. The molecule has 0 saturated carbocycles. The first-order chi connectivity index (χ1) is 11.5. The Morgan fingerprint density at radius 3 is 2.38 bits per heavy atom. The van der Waals surface area contributed by atoms with Gasteiger partial charge in [-0.1, -0.05) is 23.2 Å². The van der Waals surface area contributed by atoms with Gasteiger partial charge in [0.15, 0.2) is 0 Å². The van der Waals surface area contributed by atoms with Gasteiger partial charge in [-0.25, -0.2) is 9.67 Å². The number of aliphatic hydroxyl groups is 1. The van der Waals surface area contributed by atoms with E-state index in [1.807, 2.05) is 0 Å². The van der Waals surface area contributed by atoms with Gasteiger partial charge < -0.3 is 15.0 Å². The van der Waals surface area contributed by atoms with Crippen molar-refractivity contribution < 1.29 is 5.11 Å². The van der Waals surface area contributed by atoms with Crippen molar-refractivity contribution >= 4 is 28.9 Å². The van der Waals surface area contributed by atoms with Crippen LogP contribution in [0.4, 0.5) is 5.69 Å². The van der Waals surface area contributed by atoms with E-state index in [0.717, 1.165) is 0 Å². The molecule has 2 aromatic heterocycles. The van der Waals surface area contributed by atoms with Crippen molar-refractivity contribution in [2.24, 2.45) is 0 Å². The van der Waals surface area contributed by atoms with E-state index in [-0.39, 0.29) is 19.6 Å². The topological polar surface area (TPSA) is 93.7 Å². The maximum atomic E-state index is 11.1. The van der Waals surface area contributed by atoms with Crippen LogP contribution in [0.3, 0.4) is 0 Å². The fourth-order valence-corrected chi connectivity index (χ4v) is 2.87. The second-order valence-corrected chi connectivity index (χ2v) is 6.34. The summed E-state index contributed by atoms with van der Waals surface area (Å²) in [5.74, 6) is 0. The summed E-state index contributed by atoms with van der Waals surface area (Å²) in [7, 11) is 0. The normalized spacial score (nSPS) is 13.6. The molecule has 10 heteroatoms. The Morgan fingerprint density at radius 1 is 1.04 bits per heavy atom. The van der Waals surface area contributed by atoms with Crippen molar-refractivity contribution in [3.8, 4) is 0 Å². The third-order valence-electron chi connectivity index (χ3n) is 3.35. The number of hydrogen-bond donors (Lipinski definition) is 2. The van der Waals surface area contributed by atoms with E-state index in [1.165, 1.54) is 6.33 Å². The Balaban J connectivity index is 1.75. The van der Waals surface area contributed by atoms with E-state index in [0.29, 0.717) is 15.7 Å². The number of anilines is 1. The lowest BCUT2D eigenvalue weighted by Gasteiger charge is -2.29. The summed E-state index contributed by atoms with van der Waals surface area (Å²) in [5.41, 5.74) is -0.446. The highest BCUT2D eigenvalue weighted by Crippen LogP contribution is 2.23. The standard InChI is InChI=1S/C14H15Cl2N7O/c15-11-1-12(16)3-13(2-11)18-4-14(24,5-22-9-19-20-10-22)6-23-8-17-7-21-23/h1-3,7-10,18,24H,4-6H2. The molecule has 0 spiro atoms. The number of nitrogens with zero attached hydrogens (tertiary/aromatic N) is 6. The van der Waals surface area contributed by atoms with Gasteiger partial charge in [0, 0.05) is 22.3 Å². The minimum Gasteiger partial charge on any atom is -0.384 e. The second kappa shape index (κ2) is 7.16. The zero-order chi connectivity index (χ0) is 17.0. The molecule has 0 aliphatic heterocycles. The van der Waals surface area contributed by atoms with Crippen molar-refractivity contribution in [2.45, 2.75) is 18.7 Å². The highest BCUT2D eigenvalue weighted by Gasteiger charge is 2.29. The van der Waals surface area contributed by atoms with Crippen LogP contribution in [0.5, 0.6) is 0 Å². The predicted molar refractivity (Wildman–Crippen MR) is 89.9 cm³/mol.